The van der Waals surface area contributed by atoms with Crippen molar-refractivity contribution in [1.29, 1.82) is 0 Å². The van der Waals surface area contributed by atoms with Crippen LogP contribution in [-0.2, 0) is 6.42 Å². The zero-order valence-electron chi connectivity index (χ0n) is 12.7. The predicted octanol–water partition coefficient (Wildman–Crippen LogP) is 4.78. The Kier molecular flexibility index (Phi) is 3.61. The van der Waals surface area contributed by atoms with Crippen LogP contribution in [0.5, 0.6) is 5.75 Å². The molecule has 2 heteroatoms. The number of hydrogen-bond donors (Lipinski definition) is 0. The van der Waals surface area contributed by atoms with Crippen LogP contribution in [0.15, 0.2) is 48.5 Å². The number of aromatic nitrogens is 1. The standard InChI is InChI=1S/C19H19NO/c1-4-14-11-18-16(19(12-14)21-3)8-9-17(20-18)15-7-5-6-13(2)10-15/h5-12H,4H2,1-3H3. The molecule has 0 aliphatic rings. The fourth-order valence-corrected chi connectivity index (χ4v) is 2.59. The summed E-state index contributed by atoms with van der Waals surface area (Å²) in [6, 6.07) is 16.8. The van der Waals surface area contributed by atoms with Gasteiger partial charge in [0.2, 0.25) is 0 Å². The number of fused-ring (bicyclic) bond motifs is 1. The SMILES string of the molecule is CCc1cc(OC)c2ccc(-c3cccc(C)c3)nc2c1. The van der Waals surface area contributed by atoms with E-state index in [0.717, 1.165) is 34.3 Å². The maximum atomic E-state index is 5.49. The second kappa shape index (κ2) is 5.57. The zero-order valence-corrected chi connectivity index (χ0v) is 12.7. The summed E-state index contributed by atoms with van der Waals surface area (Å²) in [6.07, 6.45) is 0.975. The molecule has 3 rings (SSSR count). The van der Waals surface area contributed by atoms with Gasteiger partial charge in [0.05, 0.1) is 18.3 Å². The first kappa shape index (κ1) is 13.6. The molecule has 0 aliphatic carbocycles. The Hall–Kier alpha value is -2.35. The quantitative estimate of drug-likeness (QED) is 0.687. The summed E-state index contributed by atoms with van der Waals surface area (Å²) in [5, 5.41) is 1.06. The van der Waals surface area contributed by atoms with Gasteiger partial charge < -0.3 is 4.74 Å². The lowest BCUT2D eigenvalue weighted by Crippen LogP contribution is -1.92. The van der Waals surface area contributed by atoms with Crippen LogP contribution in [0.4, 0.5) is 0 Å². The molecule has 0 saturated heterocycles. The molecule has 1 aromatic heterocycles. The fraction of sp³-hybridized carbons (Fsp3) is 0.211. The van der Waals surface area contributed by atoms with E-state index in [0.29, 0.717) is 0 Å². The summed E-state index contributed by atoms with van der Waals surface area (Å²) in [4.78, 5) is 4.82. The fourth-order valence-electron chi connectivity index (χ4n) is 2.59. The Bertz CT molecular complexity index is 793. The molecule has 0 N–H and O–H groups in total. The van der Waals surface area contributed by atoms with Crippen molar-refractivity contribution in [3.63, 3.8) is 0 Å². The van der Waals surface area contributed by atoms with Crippen LogP contribution in [0, 0.1) is 6.92 Å². The molecule has 0 aliphatic heterocycles. The highest BCUT2D eigenvalue weighted by atomic mass is 16.5. The average molecular weight is 277 g/mol. The third kappa shape index (κ3) is 2.62. The van der Waals surface area contributed by atoms with Crippen molar-refractivity contribution in [3.8, 4) is 17.0 Å². The van der Waals surface area contributed by atoms with Crippen LogP contribution in [-0.4, -0.2) is 12.1 Å². The van der Waals surface area contributed by atoms with Crippen molar-refractivity contribution in [3.05, 3.63) is 59.7 Å². The van der Waals surface area contributed by atoms with E-state index < -0.39 is 0 Å². The maximum absolute atomic E-state index is 5.49. The van der Waals surface area contributed by atoms with Crippen molar-refractivity contribution in [2.24, 2.45) is 0 Å². The molecular weight excluding hydrogens is 258 g/mol. The first-order valence-electron chi connectivity index (χ1n) is 7.26. The van der Waals surface area contributed by atoms with Crippen molar-refractivity contribution in [2.45, 2.75) is 20.3 Å². The number of methoxy groups -OCH3 is 1. The lowest BCUT2D eigenvalue weighted by Gasteiger charge is -2.10. The van der Waals surface area contributed by atoms with Gasteiger partial charge in [-0.25, -0.2) is 4.98 Å². The Morgan fingerprint density at radius 2 is 1.90 bits per heavy atom. The molecule has 0 spiro atoms. The third-order valence-corrected chi connectivity index (χ3v) is 3.77. The number of pyridine rings is 1. The maximum Gasteiger partial charge on any atom is 0.128 e. The number of benzene rings is 2. The Labute approximate surface area is 125 Å². The molecule has 0 atom stereocenters. The van der Waals surface area contributed by atoms with Gasteiger partial charge in [-0.05, 0) is 49.2 Å². The number of hydrogen-bond acceptors (Lipinski definition) is 2. The average Bonchev–Trinajstić information content (AvgIpc) is 2.53. The van der Waals surface area contributed by atoms with E-state index in [2.05, 4.69) is 62.4 Å². The van der Waals surface area contributed by atoms with E-state index in [1.165, 1.54) is 11.1 Å². The van der Waals surface area contributed by atoms with Crippen molar-refractivity contribution in [1.82, 2.24) is 4.98 Å². The van der Waals surface area contributed by atoms with Gasteiger partial charge in [-0.2, -0.15) is 0 Å². The van der Waals surface area contributed by atoms with Gasteiger partial charge in [0, 0.05) is 10.9 Å². The van der Waals surface area contributed by atoms with Crippen LogP contribution in [0.2, 0.25) is 0 Å². The highest BCUT2D eigenvalue weighted by Crippen LogP contribution is 2.29. The van der Waals surface area contributed by atoms with Crippen LogP contribution < -0.4 is 4.74 Å². The number of rotatable bonds is 3. The largest absolute Gasteiger partial charge is 0.496 e. The van der Waals surface area contributed by atoms with E-state index in [1.807, 2.05) is 0 Å². The minimum absolute atomic E-state index is 0.896. The molecule has 106 valence electrons. The first-order chi connectivity index (χ1) is 10.2. The van der Waals surface area contributed by atoms with E-state index in [-0.39, 0.29) is 0 Å². The summed E-state index contributed by atoms with van der Waals surface area (Å²) >= 11 is 0. The second-order valence-corrected chi connectivity index (χ2v) is 5.28. The van der Waals surface area contributed by atoms with Gasteiger partial charge >= 0.3 is 0 Å². The van der Waals surface area contributed by atoms with E-state index >= 15 is 0 Å². The van der Waals surface area contributed by atoms with Crippen LogP contribution >= 0.6 is 0 Å². The summed E-state index contributed by atoms with van der Waals surface area (Å²) in [7, 11) is 1.71. The molecule has 1 heterocycles. The van der Waals surface area contributed by atoms with Crippen LogP contribution in [0.1, 0.15) is 18.1 Å². The molecule has 0 bridgehead atoms. The Morgan fingerprint density at radius 1 is 1.05 bits per heavy atom. The predicted molar refractivity (Wildman–Crippen MR) is 87.8 cm³/mol. The van der Waals surface area contributed by atoms with Crippen molar-refractivity contribution < 1.29 is 4.74 Å². The minimum Gasteiger partial charge on any atom is -0.496 e. The Balaban J connectivity index is 2.19. The molecule has 0 unspecified atom stereocenters. The molecule has 0 amide bonds. The summed E-state index contributed by atoms with van der Waals surface area (Å²) < 4.78 is 5.49. The van der Waals surface area contributed by atoms with Gasteiger partial charge in [-0.1, -0.05) is 30.7 Å². The monoisotopic (exact) mass is 277 g/mol. The molecule has 2 nitrogen and oxygen atoms in total. The highest BCUT2D eigenvalue weighted by Gasteiger charge is 2.07. The van der Waals surface area contributed by atoms with Crippen molar-refractivity contribution >= 4 is 10.9 Å². The topological polar surface area (TPSA) is 22.1 Å². The second-order valence-electron chi connectivity index (χ2n) is 5.28. The molecule has 0 saturated carbocycles. The van der Waals surface area contributed by atoms with E-state index in [4.69, 9.17) is 9.72 Å². The Morgan fingerprint density at radius 3 is 2.62 bits per heavy atom. The molecule has 3 aromatic rings. The van der Waals surface area contributed by atoms with Crippen LogP contribution in [0.3, 0.4) is 0 Å². The smallest absolute Gasteiger partial charge is 0.128 e. The van der Waals surface area contributed by atoms with E-state index in [9.17, 15) is 0 Å². The third-order valence-electron chi connectivity index (χ3n) is 3.77. The number of ether oxygens (including phenoxy) is 1. The lowest BCUT2D eigenvalue weighted by molar-refractivity contribution is 0.419. The molecule has 21 heavy (non-hydrogen) atoms. The molecular formula is C19H19NO. The van der Waals surface area contributed by atoms with Crippen molar-refractivity contribution in [2.75, 3.05) is 7.11 Å². The number of nitrogens with zero attached hydrogens (tertiary/aromatic N) is 1. The first-order valence-corrected chi connectivity index (χ1v) is 7.26. The van der Waals surface area contributed by atoms with Gasteiger partial charge in [0.25, 0.3) is 0 Å². The number of aryl methyl sites for hydroxylation is 2. The van der Waals surface area contributed by atoms with Crippen LogP contribution in [0.25, 0.3) is 22.2 Å². The van der Waals surface area contributed by atoms with Gasteiger partial charge in [0.1, 0.15) is 5.75 Å². The van der Waals surface area contributed by atoms with Gasteiger partial charge in [0.15, 0.2) is 0 Å². The lowest BCUT2D eigenvalue weighted by atomic mass is 10.0. The van der Waals surface area contributed by atoms with Gasteiger partial charge in [-0.3, -0.25) is 0 Å². The van der Waals surface area contributed by atoms with Gasteiger partial charge in [-0.15, -0.1) is 0 Å². The van der Waals surface area contributed by atoms with E-state index in [1.54, 1.807) is 7.11 Å². The summed E-state index contributed by atoms with van der Waals surface area (Å²) in [5.74, 6) is 0.896. The molecule has 0 fully saturated rings. The summed E-state index contributed by atoms with van der Waals surface area (Å²) in [5.41, 5.74) is 5.63. The molecule has 0 radical (unpaired) electrons. The highest BCUT2D eigenvalue weighted by molar-refractivity contribution is 5.88. The zero-order chi connectivity index (χ0) is 14.8. The summed E-state index contributed by atoms with van der Waals surface area (Å²) in [6.45, 7) is 4.24. The minimum atomic E-state index is 0.896. The molecule has 2 aromatic carbocycles. The normalized spacial score (nSPS) is 10.8.